The first-order valence-corrected chi connectivity index (χ1v) is 9.53. The average molecular weight is 427 g/mol. The number of hydrogen-bond donors (Lipinski definition) is 4. The number of carbonyl (C=O) groups is 1. The number of ether oxygens (including phenoxy) is 1. The van der Waals surface area contributed by atoms with E-state index in [2.05, 4.69) is 20.9 Å². The molecule has 5 N–H and O–H groups in total. The minimum atomic E-state index is -0.677. The second-order valence-corrected chi connectivity index (χ2v) is 6.73. The van der Waals surface area contributed by atoms with Gasteiger partial charge in [-0.05, 0) is 42.0 Å². The zero-order valence-corrected chi connectivity index (χ0v) is 16.9. The monoisotopic (exact) mass is 427 g/mol. The van der Waals surface area contributed by atoms with Crippen molar-refractivity contribution in [2.45, 2.75) is 6.54 Å². The number of hydrogen-bond acceptors (Lipinski definition) is 6. The highest BCUT2D eigenvalue weighted by atomic mass is 19.1. The molecule has 0 aliphatic carbocycles. The number of rotatable bonds is 10. The summed E-state index contributed by atoms with van der Waals surface area (Å²) in [4.78, 5) is 16.0. The van der Waals surface area contributed by atoms with Gasteiger partial charge in [0.05, 0.1) is 17.9 Å². The topological polar surface area (TPSA) is 101 Å². The Bertz CT molecular complexity index is 1020. The van der Waals surface area contributed by atoms with Gasteiger partial charge in [-0.15, -0.1) is 0 Å². The lowest BCUT2D eigenvalue weighted by molar-refractivity contribution is 0.100. The molecule has 0 atom stereocenters. The first-order chi connectivity index (χ1) is 14.9. The van der Waals surface area contributed by atoms with Crippen molar-refractivity contribution in [3.05, 3.63) is 77.5 Å². The first-order valence-electron chi connectivity index (χ1n) is 9.53. The zero-order chi connectivity index (χ0) is 22.2. The Kier molecular flexibility index (Phi) is 7.34. The van der Waals surface area contributed by atoms with Crippen LogP contribution in [0.5, 0.6) is 0 Å². The quantitative estimate of drug-likeness (QED) is 0.367. The molecule has 3 aromatic rings. The third-order valence-corrected chi connectivity index (χ3v) is 4.37. The van der Waals surface area contributed by atoms with Crippen LogP contribution in [0.25, 0.3) is 0 Å². The number of benzene rings is 2. The Morgan fingerprint density at radius 2 is 1.71 bits per heavy atom. The molecule has 0 saturated carbocycles. The lowest BCUT2D eigenvalue weighted by atomic mass is 10.1. The number of primary amides is 1. The minimum Gasteiger partial charge on any atom is -0.383 e. The molecule has 9 heteroatoms. The highest BCUT2D eigenvalue weighted by Gasteiger charge is 2.11. The highest BCUT2D eigenvalue weighted by molar-refractivity contribution is 5.98. The number of halogens is 2. The lowest BCUT2D eigenvalue weighted by Gasteiger charge is -2.13. The van der Waals surface area contributed by atoms with Crippen molar-refractivity contribution in [2.24, 2.45) is 5.73 Å². The summed E-state index contributed by atoms with van der Waals surface area (Å²) in [5.41, 5.74) is 8.11. The largest absolute Gasteiger partial charge is 0.383 e. The molecule has 0 fully saturated rings. The van der Waals surface area contributed by atoms with E-state index in [1.165, 1.54) is 18.3 Å². The molecule has 162 valence electrons. The molecule has 31 heavy (non-hydrogen) atoms. The zero-order valence-electron chi connectivity index (χ0n) is 16.9. The number of methoxy groups -OCH3 is 1. The molecule has 1 heterocycles. The summed E-state index contributed by atoms with van der Waals surface area (Å²) in [6.45, 7) is 1.40. The van der Waals surface area contributed by atoms with E-state index in [1.54, 1.807) is 13.2 Å². The summed E-state index contributed by atoms with van der Waals surface area (Å²) >= 11 is 0. The number of aromatic nitrogens is 1. The molecule has 1 aromatic heterocycles. The van der Waals surface area contributed by atoms with Gasteiger partial charge in [-0.2, -0.15) is 0 Å². The van der Waals surface area contributed by atoms with Gasteiger partial charge in [-0.1, -0.05) is 0 Å². The highest BCUT2D eigenvalue weighted by Crippen LogP contribution is 2.23. The van der Waals surface area contributed by atoms with E-state index in [9.17, 15) is 13.6 Å². The number of nitrogens with one attached hydrogen (secondary N) is 3. The van der Waals surface area contributed by atoms with E-state index in [0.717, 1.165) is 17.4 Å². The second kappa shape index (κ2) is 10.4. The Morgan fingerprint density at radius 3 is 2.35 bits per heavy atom. The van der Waals surface area contributed by atoms with Gasteiger partial charge in [-0.25, -0.2) is 13.8 Å². The minimum absolute atomic E-state index is 0.0975. The number of anilines is 4. The van der Waals surface area contributed by atoms with Gasteiger partial charge in [0, 0.05) is 49.9 Å². The Balaban J connectivity index is 1.72. The van der Waals surface area contributed by atoms with E-state index in [1.807, 2.05) is 24.3 Å². The van der Waals surface area contributed by atoms with Crippen LogP contribution in [0.4, 0.5) is 31.7 Å². The maximum Gasteiger partial charge on any atom is 0.252 e. The van der Waals surface area contributed by atoms with Gasteiger partial charge in [-0.3, -0.25) is 4.79 Å². The summed E-state index contributed by atoms with van der Waals surface area (Å²) in [6.07, 6.45) is 1.35. The van der Waals surface area contributed by atoms with Gasteiger partial charge in [0.15, 0.2) is 0 Å². The molecule has 0 spiro atoms. The average Bonchev–Trinajstić information content (AvgIpc) is 2.73. The first kappa shape index (κ1) is 22.0. The summed E-state index contributed by atoms with van der Waals surface area (Å²) in [5, 5.41) is 9.36. The third kappa shape index (κ3) is 6.38. The van der Waals surface area contributed by atoms with Crippen LogP contribution in [0.15, 0.2) is 54.7 Å². The van der Waals surface area contributed by atoms with Crippen molar-refractivity contribution in [3.63, 3.8) is 0 Å². The molecule has 2 aromatic carbocycles. The van der Waals surface area contributed by atoms with Gasteiger partial charge >= 0.3 is 0 Å². The van der Waals surface area contributed by atoms with E-state index in [4.69, 9.17) is 10.5 Å². The summed E-state index contributed by atoms with van der Waals surface area (Å²) in [5.74, 6) is -1.55. The smallest absolute Gasteiger partial charge is 0.252 e. The maximum atomic E-state index is 13.4. The SMILES string of the molecule is COCCNc1ccc(Nc2cc(NCc3cc(F)cc(F)c3)c(C(N)=O)cn2)cc1. The number of nitrogens with zero attached hydrogens (tertiary/aromatic N) is 1. The van der Waals surface area contributed by atoms with Crippen molar-refractivity contribution in [1.82, 2.24) is 4.98 Å². The fraction of sp³-hybridized carbons (Fsp3) is 0.182. The Hall–Kier alpha value is -3.72. The molecule has 0 bridgehead atoms. The fourth-order valence-electron chi connectivity index (χ4n) is 2.89. The van der Waals surface area contributed by atoms with Crippen LogP contribution < -0.4 is 21.7 Å². The molecule has 0 aliphatic heterocycles. The van der Waals surface area contributed by atoms with Crippen molar-refractivity contribution < 1.29 is 18.3 Å². The molecule has 0 aliphatic rings. The molecule has 0 unspecified atom stereocenters. The summed E-state index contributed by atoms with van der Waals surface area (Å²) in [7, 11) is 1.64. The number of nitrogens with two attached hydrogens (primary N) is 1. The van der Waals surface area contributed by atoms with Crippen LogP contribution >= 0.6 is 0 Å². The Morgan fingerprint density at radius 1 is 1.03 bits per heavy atom. The Labute approximate surface area is 178 Å². The lowest BCUT2D eigenvalue weighted by Crippen LogP contribution is -2.15. The summed E-state index contributed by atoms with van der Waals surface area (Å²) in [6, 6.07) is 12.4. The predicted molar refractivity (Wildman–Crippen MR) is 117 cm³/mol. The molecular formula is C22H23F2N5O2. The van der Waals surface area contributed by atoms with Gasteiger partial charge in [0.25, 0.3) is 5.91 Å². The van der Waals surface area contributed by atoms with Crippen molar-refractivity contribution in [1.29, 1.82) is 0 Å². The van der Waals surface area contributed by atoms with Crippen molar-refractivity contribution in [2.75, 3.05) is 36.2 Å². The molecule has 1 amide bonds. The maximum absolute atomic E-state index is 13.4. The van der Waals surface area contributed by atoms with Crippen LogP contribution in [0, 0.1) is 11.6 Å². The van der Waals surface area contributed by atoms with Crippen LogP contribution in [-0.2, 0) is 11.3 Å². The molecular weight excluding hydrogens is 404 g/mol. The van der Waals surface area contributed by atoms with Gasteiger partial charge < -0.3 is 26.4 Å². The van der Waals surface area contributed by atoms with Crippen LogP contribution in [0.2, 0.25) is 0 Å². The van der Waals surface area contributed by atoms with E-state index >= 15 is 0 Å². The normalized spacial score (nSPS) is 10.5. The van der Waals surface area contributed by atoms with Gasteiger partial charge in [0.1, 0.15) is 17.5 Å². The molecule has 7 nitrogen and oxygen atoms in total. The summed E-state index contributed by atoms with van der Waals surface area (Å²) < 4.78 is 31.8. The van der Waals surface area contributed by atoms with Crippen molar-refractivity contribution >= 4 is 28.8 Å². The number of amides is 1. The fourth-order valence-corrected chi connectivity index (χ4v) is 2.89. The molecule has 0 radical (unpaired) electrons. The van der Waals surface area contributed by atoms with E-state index in [0.29, 0.717) is 30.2 Å². The van der Waals surface area contributed by atoms with Gasteiger partial charge in [0.2, 0.25) is 0 Å². The van der Waals surface area contributed by atoms with Crippen LogP contribution in [-0.4, -0.2) is 31.2 Å². The van der Waals surface area contributed by atoms with Crippen LogP contribution in [0.3, 0.4) is 0 Å². The molecule has 0 saturated heterocycles. The van der Waals surface area contributed by atoms with Crippen LogP contribution in [0.1, 0.15) is 15.9 Å². The standard InChI is InChI=1S/C22H23F2N5O2/c1-31-7-6-26-17-2-4-18(5-3-17)29-21-11-20(19(13-28-21)22(25)30)27-12-14-8-15(23)10-16(24)9-14/h2-5,8-11,13,26H,6-7,12H2,1H3,(H2,25,30)(H2,27,28,29). The third-order valence-electron chi connectivity index (χ3n) is 4.37. The predicted octanol–water partition coefficient (Wildman–Crippen LogP) is 3.87. The molecule has 3 rings (SSSR count). The van der Waals surface area contributed by atoms with Crippen molar-refractivity contribution in [3.8, 4) is 0 Å². The van der Waals surface area contributed by atoms with E-state index in [-0.39, 0.29) is 12.1 Å². The number of carbonyl (C=O) groups excluding carboxylic acids is 1. The second-order valence-electron chi connectivity index (χ2n) is 6.73. The van der Waals surface area contributed by atoms with E-state index < -0.39 is 17.5 Å². The number of pyridine rings is 1.